The summed E-state index contributed by atoms with van der Waals surface area (Å²) in [5.74, 6) is -3.44. The first kappa shape index (κ1) is 17.7. The van der Waals surface area contributed by atoms with Crippen molar-refractivity contribution in [3.63, 3.8) is 0 Å². The van der Waals surface area contributed by atoms with Crippen LogP contribution in [0.25, 0.3) is 0 Å². The Morgan fingerprint density at radius 3 is 1.95 bits per heavy atom. The predicted octanol–water partition coefficient (Wildman–Crippen LogP) is 0.278. The number of hydrogen-bond acceptors (Lipinski definition) is 6. The van der Waals surface area contributed by atoms with Gasteiger partial charge in [-0.25, -0.2) is 9.59 Å². The molecule has 0 aliphatic rings. The van der Waals surface area contributed by atoms with E-state index in [-0.39, 0.29) is 0 Å². The molecule has 0 spiro atoms. The number of rotatable bonds is 2. The van der Waals surface area contributed by atoms with Gasteiger partial charge in [0.1, 0.15) is 11.1 Å². The van der Waals surface area contributed by atoms with E-state index in [0.29, 0.717) is 0 Å². The van der Waals surface area contributed by atoms with Crippen LogP contribution in [-0.2, 0) is 14.3 Å². The van der Waals surface area contributed by atoms with Gasteiger partial charge in [-0.2, -0.15) is 0 Å². The highest BCUT2D eigenvalue weighted by atomic mass is 16.6. The van der Waals surface area contributed by atoms with Crippen molar-refractivity contribution >= 4 is 23.8 Å². The minimum atomic E-state index is -1.62. The van der Waals surface area contributed by atoms with E-state index in [4.69, 9.17) is 15.1 Å². The van der Waals surface area contributed by atoms with E-state index in [1.807, 2.05) is 5.32 Å². The summed E-state index contributed by atoms with van der Waals surface area (Å²) in [6.07, 6.45) is -0.838. The van der Waals surface area contributed by atoms with Crippen molar-refractivity contribution in [2.75, 3.05) is 0 Å². The van der Waals surface area contributed by atoms with Crippen molar-refractivity contribution in [1.82, 2.24) is 10.6 Å². The predicted molar refractivity (Wildman–Crippen MR) is 68.4 cm³/mol. The van der Waals surface area contributed by atoms with Crippen molar-refractivity contribution < 1.29 is 29.4 Å². The topological polar surface area (TPSA) is 137 Å². The van der Waals surface area contributed by atoms with Crippen molar-refractivity contribution in [2.24, 2.45) is 5.16 Å². The maximum Gasteiger partial charge on any atom is 0.408 e. The molecule has 0 bridgehead atoms. The first-order valence-electron chi connectivity index (χ1n) is 5.67. The highest BCUT2D eigenvalue weighted by molar-refractivity contribution is 6.37. The smallest absolute Gasteiger partial charge is 0.408 e. The fourth-order valence-corrected chi connectivity index (χ4v) is 1.00. The molecule has 0 atom stereocenters. The van der Waals surface area contributed by atoms with E-state index in [1.165, 1.54) is 13.8 Å². The van der Waals surface area contributed by atoms with Crippen LogP contribution in [-0.4, -0.2) is 45.3 Å². The molecule has 2 amide bonds. The third-order valence-corrected chi connectivity index (χ3v) is 1.92. The number of hydrogen-bond donors (Lipinski definition) is 4. The molecule has 0 aliphatic heterocycles. The number of nitrogens with one attached hydrogen (secondary N) is 2. The molecule has 9 nitrogen and oxygen atoms in total. The summed E-state index contributed by atoms with van der Waals surface area (Å²) in [5, 5.41) is 23.6. The summed E-state index contributed by atoms with van der Waals surface area (Å²) in [6, 6.07) is 0. The first-order valence-corrected chi connectivity index (χ1v) is 5.67. The zero-order chi connectivity index (χ0) is 16.1. The standard InChI is InChI=1S/C11H19N3O6/c1-10(2,3)20-9(18)13-11(4,5)8(17)12-6(14-19)7(15)16/h19H,1-5H3,(H,13,18)(H,15,16)(H,12,14,17). The minimum Gasteiger partial charge on any atom is -0.475 e. The molecule has 9 heteroatoms. The lowest BCUT2D eigenvalue weighted by atomic mass is 10.1. The molecule has 20 heavy (non-hydrogen) atoms. The SMILES string of the molecule is CC(C)(C)OC(=O)NC(C)(C)C(=O)N/C(=N/O)C(=O)O. The van der Waals surface area contributed by atoms with Crippen LogP contribution >= 0.6 is 0 Å². The molecule has 0 unspecified atom stereocenters. The number of amidine groups is 1. The van der Waals surface area contributed by atoms with Gasteiger partial charge < -0.3 is 20.4 Å². The molecule has 0 saturated heterocycles. The number of carboxylic acids is 1. The average Bonchev–Trinajstić information content (AvgIpc) is 2.20. The molecule has 0 saturated carbocycles. The molecular formula is C11H19N3O6. The Morgan fingerprint density at radius 2 is 1.60 bits per heavy atom. The Kier molecular flexibility index (Phi) is 5.50. The van der Waals surface area contributed by atoms with Crippen LogP contribution in [0.5, 0.6) is 0 Å². The second-order valence-electron chi connectivity index (χ2n) is 5.46. The van der Waals surface area contributed by atoms with Gasteiger partial charge in [0.05, 0.1) is 0 Å². The number of ether oxygens (including phenoxy) is 1. The Hall–Kier alpha value is -2.32. The van der Waals surface area contributed by atoms with Gasteiger partial charge in [0.15, 0.2) is 0 Å². The summed E-state index contributed by atoms with van der Waals surface area (Å²) in [4.78, 5) is 33.9. The molecule has 0 aliphatic carbocycles. The Labute approximate surface area is 116 Å². The number of nitrogens with zero attached hydrogens (tertiary/aromatic N) is 1. The van der Waals surface area contributed by atoms with Crippen molar-refractivity contribution in [3.8, 4) is 0 Å². The van der Waals surface area contributed by atoms with Crippen molar-refractivity contribution in [1.29, 1.82) is 0 Å². The van der Waals surface area contributed by atoms with E-state index >= 15 is 0 Å². The van der Waals surface area contributed by atoms with Gasteiger partial charge in [-0.05, 0) is 34.6 Å². The molecule has 0 heterocycles. The van der Waals surface area contributed by atoms with Crippen LogP contribution in [0, 0.1) is 0 Å². The van der Waals surface area contributed by atoms with Gasteiger partial charge in [0.2, 0.25) is 0 Å². The van der Waals surface area contributed by atoms with E-state index in [0.717, 1.165) is 0 Å². The maximum absolute atomic E-state index is 11.8. The Bertz CT molecular complexity index is 436. The average molecular weight is 289 g/mol. The zero-order valence-corrected chi connectivity index (χ0v) is 12.0. The van der Waals surface area contributed by atoms with Gasteiger partial charge in [-0.3, -0.25) is 10.1 Å². The van der Waals surface area contributed by atoms with Crippen molar-refractivity contribution in [2.45, 2.75) is 45.8 Å². The Morgan fingerprint density at radius 1 is 1.10 bits per heavy atom. The minimum absolute atomic E-state index is 0.741. The normalized spacial score (nSPS) is 12.6. The molecule has 4 N–H and O–H groups in total. The van der Waals surface area contributed by atoms with Crippen LogP contribution < -0.4 is 10.6 Å². The van der Waals surface area contributed by atoms with Crippen LogP contribution in [0.2, 0.25) is 0 Å². The number of aliphatic carboxylic acids is 1. The van der Waals surface area contributed by atoms with Crippen LogP contribution in [0.4, 0.5) is 4.79 Å². The van der Waals surface area contributed by atoms with Gasteiger partial charge in [-0.15, -0.1) is 0 Å². The van der Waals surface area contributed by atoms with E-state index < -0.39 is 34.9 Å². The van der Waals surface area contributed by atoms with Gasteiger partial charge in [-0.1, -0.05) is 5.16 Å². The second kappa shape index (κ2) is 6.22. The number of carbonyl (C=O) groups excluding carboxylic acids is 2. The number of oxime groups is 1. The molecule has 0 fully saturated rings. The molecular weight excluding hydrogens is 270 g/mol. The monoisotopic (exact) mass is 289 g/mol. The molecule has 114 valence electrons. The van der Waals surface area contributed by atoms with Gasteiger partial charge in [0, 0.05) is 0 Å². The van der Waals surface area contributed by atoms with Crippen LogP contribution in [0.15, 0.2) is 5.16 Å². The fraction of sp³-hybridized carbons (Fsp3) is 0.636. The van der Waals surface area contributed by atoms with Gasteiger partial charge >= 0.3 is 12.1 Å². The van der Waals surface area contributed by atoms with E-state index in [2.05, 4.69) is 10.5 Å². The fourth-order valence-electron chi connectivity index (χ4n) is 1.00. The summed E-state index contributed by atoms with van der Waals surface area (Å²) >= 11 is 0. The summed E-state index contributed by atoms with van der Waals surface area (Å²) < 4.78 is 4.98. The van der Waals surface area contributed by atoms with Crippen LogP contribution in [0.1, 0.15) is 34.6 Å². The lowest BCUT2D eigenvalue weighted by Gasteiger charge is -2.27. The van der Waals surface area contributed by atoms with E-state index in [9.17, 15) is 14.4 Å². The second-order valence-corrected chi connectivity index (χ2v) is 5.46. The van der Waals surface area contributed by atoms with Gasteiger partial charge in [0.25, 0.3) is 11.7 Å². The van der Waals surface area contributed by atoms with E-state index in [1.54, 1.807) is 20.8 Å². The number of carboxylic acid groups (broad SMARTS) is 1. The number of carbonyl (C=O) groups is 3. The highest BCUT2D eigenvalue weighted by Crippen LogP contribution is 2.09. The largest absolute Gasteiger partial charge is 0.475 e. The maximum atomic E-state index is 11.8. The number of alkyl carbamates (subject to hydrolysis) is 1. The summed E-state index contributed by atoms with van der Waals surface area (Å²) in [5.41, 5.74) is -2.21. The molecule has 0 aromatic heterocycles. The lowest BCUT2D eigenvalue weighted by molar-refractivity contribution is -0.131. The number of amides is 2. The lowest BCUT2D eigenvalue weighted by Crippen LogP contribution is -2.57. The third-order valence-electron chi connectivity index (χ3n) is 1.92. The molecule has 0 aromatic carbocycles. The quantitative estimate of drug-likeness (QED) is 0.249. The molecule has 0 radical (unpaired) electrons. The summed E-state index contributed by atoms with van der Waals surface area (Å²) in [7, 11) is 0. The van der Waals surface area contributed by atoms with Crippen molar-refractivity contribution in [3.05, 3.63) is 0 Å². The summed E-state index contributed by atoms with van der Waals surface area (Å²) in [6.45, 7) is 7.63. The zero-order valence-electron chi connectivity index (χ0n) is 12.0. The highest BCUT2D eigenvalue weighted by Gasteiger charge is 2.33. The Balaban J connectivity index is 4.76. The first-order chi connectivity index (χ1) is 8.89. The van der Waals surface area contributed by atoms with Crippen LogP contribution in [0.3, 0.4) is 0 Å². The molecule has 0 rings (SSSR count). The molecule has 0 aromatic rings. The third kappa shape index (κ3) is 6.03.